The summed E-state index contributed by atoms with van der Waals surface area (Å²) in [5, 5.41) is 9.43. The van der Waals surface area contributed by atoms with Gasteiger partial charge in [-0.1, -0.05) is 0 Å². The van der Waals surface area contributed by atoms with Crippen LogP contribution in [-0.2, 0) is 4.74 Å². The Morgan fingerprint density at radius 1 is 1.60 bits per heavy atom. The predicted octanol–water partition coefficient (Wildman–Crippen LogP) is 1.14. The van der Waals surface area contributed by atoms with Gasteiger partial charge in [0.2, 0.25) is 0 Å². The van der Waals surface area contributed by atoms with E-state index in [0.717, 1.165) is 0 Å². The second-order valence-electron chi connectivity index (χ2n) is 2.78. The highest BCUT2D eigenvalue weighted by molar-refractivity contribution is 8.00. The monoisotopic (exact) mass is 164 g/mol. The van der Waals surface area contributed by atoms with Gasteiger partial charge >= 0.3 is 0 Å². The van der Waals surface area contributed by atoms with Crippen molar-refractivity contribution < 1.29 is 9.84 Å². The number of aliphatic hydroxyl groups excluding tert-OH is 1. The van der Waals surface area contributed by atoms with Crippen molar-refractivity contribution in [3.05, 3.63) is 0 Å². The minimum Gasteiger partial charge on any atom is -0.389 e. The molecule has 1 atom stereocenters. The van der Waals surface area contributed by atoms with Crippen molar-refractivity contribution in [2.24, 2.45) is 0 Å². The molecule has 0 heterocycles. The molecule has 0 aliphatic carbocycles. The molecule has 0 radical (unpaired) electrons. The van der Waals surface area contributed by atoms with Crippen molar-refractivity contribution in [3.8, 4) is 0 Å². The van der Waals surface area contributed by atoms with Crippen LogP contribution in [0.15, 0.2) is 0 Å². The maximum absolute atomic E-state index is 9.43. The van der Waals surface area contributed by atoms with E-state index in [-0.39, 0.29) is 10.9 Å². The Bertz CT molecular complexity index is 93.6. The summed E-state index contributed by atoms with van der Waals surface area (Å²) in [5.41, 5.74) is 0. The molecule has 0 bridgehead atoms. The molecule has 0 saturated carbocycles. The van der Waals surface area contributed by atoms with Gasteiger partial charge in [-0.3, -0.25) is 0 Å². The van der Waals surface area contributed by atoms with Crippen molar-refractivity contribution in [2.75, 3.05) is 20.0 Å². The van der Waals surface area contributed by atoms with Crippen molar-refractivity contribution in [3.63, 3.8) is 0 Å². The minimum atomic E-state index is -0.382. The van der Waals surface area contributed by atoms with Crippen LogP contribution in [-0.4, -0.2) is 35.9 Å². The lowest BCUT2D eigenvalue weighted by Crippen LogP contribution is -2.36. The van der Waals surface area contributed by atoms with Gasteiger partial charge in [0.1, 0.15) is 0 Å². The third kappa shape index (κ3) is 2.90. The first-order valence-electron chi connectivity index (χ1n) is 3.26. The van der Waals surface area contributed by atoms with Gasteiger partial charge in [-0.25, -0.2) is 0 Å². The molecule has 0 spiro atoms. The first-order valence-corrected chi connectivity index (χ1v) is 4.49. The Labute approximate surface area is 67.0 Å². The fraction of sp³-hybridized carbons (Fsp3) is 1.00. The van der Waals surface area contributed by atoms with Gasteiger partial charge in [0, 0.05) is 11.9 Å². The van der Waals surface area contributed by atoms with Crippen LogP contribution in [0.25, 0.3) is 0 Å². The van der Waals surface area contributed by atoms with E-state index in [1.165, 1.54) is 0 Å². The Hall–Kier alpha value is 0.270. The number of aliphatic hydroxyl groups is 1. The van der Waals surface area contributed by atoms with Gasteiger partial charge in [-0.2, -0.15) is 11.8 Å². The summed E-state index contributed by atoms with van der Waals surface area (Å²) >= 11 is 1.65. The molecule has 62 valence electrons. The molecule has 0 amide bonds. The number of ether oxygens (including phenoxy) is 1. The Morgan fingerprint density at radius 3 is 2.40 bits per heavy atom. The smallest absolute Gasteiger partial charge is 0.0914 e. The molecule has 1 unspecified atom stereocenters. The molecule has 0 aromatic carbocycles. The zero-order valence-corrected chi connectivity index (χ0v) is 7.86. The Kier molecular flexibility index (Phi) is 4.32. The van der Waals surface area contributed by atoms with Gasteiger partial charge in [-0.05, 0) is 20.1 Å². The molecule has 3 heteroatoms. The van der Waals surface area contributed by atoms with Gasteiger partial charge in [-0.15, -0.1) is 0 Å². The molecule has 0 aliphatic rings. The molecular formula is C7H16O2S. The van der Waals surface area contributed by atoms with Crippen LogP contribution in [0.3, 0.4) is 0 Å². The van der Waals surface area contributed by atoms with Crippen LogP contribution >= 0.6 is 11.8 Å². The summed E-state index contributed by atoms with van der Waals surface area (Å²) in [6.45, 7) is 4.41. The maximum atomic E-state index is 9.43. The number of thioether (sulfide) groups is 1. The van der Waals surface area contributed by atoms with Crippen molar-refractivity contribution in [1.29, 1.82) is 0 Å². The highest BCUT2D eigenvalue weighted by Crippen LogP contribution is 2.25. The van der Waals surface area contributed by atoms with Crippen LogP contribution < -0.4 is 0 Å². The fourth-order valence-electron chi connectivity index (χ4n) is 0.495. The molecule has 0 aliphatic heterocycles. The third-order valence-electron chi connectivity index (χ3n) is 1.65. The predicted molar refractivity (Wildman–Crippen MR) is 45.5 cm³/mol. The lowest BCUT2D eigenvalue weighted by molar-refractivity contribution is 0.0463. The van der Waals surface area contributed by atoms with Gasteiger partial charge in [0.15, 0.2) is 0 Å². The zero-order chi connectivity index (χ0) is 8.20. The average Bonchev–Trinajstić information content (AvgIpc) is 1.89. The van der Waals surface area contributed by atoms with E-state index in [1.54, 1.807) is 18.9 Å². The van der Waals surface area contributed by atoms with Gasteiger partial charge < -0.3 is 9.84 Å². The lowest BCUT2D eigenvalue weighted by Gasteiger charge is -2.27. The van der Waals surface area contributed by atoms with E-state index in [9.17, 15) is 5.11 Å². The summed E-state index contributed by atoms with van der Waals surface area (Å²) in [4.78, 5) is 0. The standard InChI is InChI=1S/C7H16O2S/c1-7(2,10-4)6(8)5-9-3/h6,8H,5H2,1-4H3. The quantitative estimate of drug-likeness (QED) is 0.675. The topological polar surface area (TPSA) is 29.5 Å². The van der Waals surface area contributed by atoms with E-state index in [0.29, 0.717) is 6.61 Å². The summed E-state index contributed by atoms with van der Waals surface area (Å²) < 4.78 is 4.73. The van der Waals surface area contributed by atoms with Crippen molar-refractivity contribution in [1.82, 2.24) is 0 Å². The van der Waals surface area contributed by atoms with E-state index in [4.69, 9.17) is 4.74 Å². The van der Waals surface area contributed by atoms with Crippen LogP contribution in [0, 0.1) is 0 Å². The van der Waals surface area contributed by atoms with Gasteiger partial charge in [0.25, 0.3) is 0 Å². The maximum Gasteiger partial charge on any atom is 0.0914 e. The molecule has 10 heavy (non-hydrogen) atoms. The number of hydrogen-bond acceptors (Lipinski definition) is 3. The van der Waals surface area contributed by atoms with E-state index < -0.39 is 0 Å². The largest absolute Gasteiger partial charge is 0.389 e. The third-order valence-corrected chi connectivity index (χ3v) is 2.98. The number of methoxy groups -OCH3 is 1. The Morgan fingerprint density at radius 2 is 2.10 bits per heavy atom. The molecule has 2 nitrogen and oxygen atoms in total. The molecule has 0 fully saturated rings. The highest BCUT2D eigenvalue weighted by atomic mass is 32.2. The van der Waals surface area contributed by atoms with Crippen LogP contribution in [0.1, 0.15) is 13.8 Å². The Balaban J connectivity index is 3.78. The van der Waals surface area contributed by atoms with E-state index >= 15 is 0 Å². The summed E-state index contributed by atoms with van der Waals surface area (Å²) in [7, 11) is 1.60. The lowest BCUT2D eigenvalue weighted by atomic mass is 10.1. The first kappa shape index (κ1) is 10.3. The van der Waals surface area contributed by atoms with Crippen LogP contribution in [0.2, 0.25) is 0 Å². The molecule has 0 rings (SSSR count). The van der Waals surface area contributed by atoms with Crippen LogP contribution in [0.5, 0.6) is 0 Å². The molecule has 0 aromatic heterocycles. The highest BCUT2D eigenvalue weighted by Gasteiger charge is 2.26. The molecule has 0 saturated heterocycles. The molecule has 1 N–H and O–H groups in total. The molecule has 0 aromatic rings. The minimum absolute atomic E-state index is 0.101. The second-order valence-corrected chi connectivity index (χ2v) is 4.24. The summed E-state index contributed by atoms with van der Waals surface area (Å²) in [6, 6.07) is 0. The van der Waals surface area contributed by atoms with E-state index in [1.807, 2.05) is 20.1 Å². The first-order chi connectivity index (χ1) is 4.54. The average molecular weight is 164 g/mol. The summed E-state index contributed by atoms with van der Waals surface area (Å²) in [5.74, 6) is 0. The van der Waals surface area contributed by atoms with Crippen LogP contribution in [0.4, 0.5) is 0 Å². The fourth-order valence-corrected chi connectivity index (χ4v) is 0.835. The summed E-state index contributed by atoms with van der Waals surface area (Å²) in [6.07, 6.45) is 1.60. The number of hydrogen-bond donors (Lipinski definition) is 1. The van der Waals surface area contributed by atoms with E-state index in [2.05, 4.69) is 0 Å². The second kappa shape index (κ2) is 4.21. The zero-order valence-electron chi connectivity index (χ0n) is 7.05. The normalized spacial score (nSPS) is 15.3. The number of rotatable bonds is 4. The molecular weight excluding hydrogens is 148 g/mol. The van der Waals surface area contributed by atoms with Crippen molar-refractivity contribution in [2.45, 2.75) is 24.7 Å². The van der Waals surface area contributed by atoms with Crippen molar-refractivity contribution >= 4 is 11.8 Å². The van der Waals surface area contributed by atoms with Gasteiger partial charge in [0.05, 0.1) is 12.7 Å². The SMILES string of the molecule is COCC(O)C(C)(C)SC.